The molecule has 0 saturated heterocycles. The molecule has 0 fully saturated rings. The molecule has 0 amide bonds. The van der Waals surface area contributed by atoms with Crippen LogP contribution in [0.5, 0.6) is 0 Å². The molecule has 0 spiro atoms. The molecule has 0 rings (SSSR count). The van der Waals surface area contributed by atoms with E-state index in [1.165, 1.54) is 0 Å². The summed E-state index contributed by atoms with van der Waals surface area (Å²) in [5, 5.41) is 16.6. The minimum absolute atomic E-state index is 0.262. The van der Waals surface area contributed by atoms with Gasteiger partial charge < -0.3 is 10.2 Å². The topological polar surface area (TPSA) is 40.5 Å². The second-order valence-corrected chi connectivity index (χ2v) is 3.86. The molecule has 0 aromatic carbocycles. The highest BCUT2D eigenvalue weighted by atomic mass is 32.2. The Bertz CT molecular complexity index is 88.6. The molecule has 0 aliphatic heterocycles. The second-order valence-electron chi connectivity index (χ2n) is 1.35. The first kappa shape index (κ1) is 8.14. The fourth-order valence-corrected chi connectivity index (χ4v) is 1.39. The summed E-state index contributed by atoms with van der Waals surface area (Å²) in [4.78, 5) is 0. The van der Waals surface area contributed by atoms with E-state index in [2.05, 4.69) is 0 Å². The summed E-state index contributed by atoms with van der Waals surface area (Å²) in [5.74, 6) is 1.66. The number of hydrogen-bond acceptors (Lipinski definition) is 0. The summed E-state index contributed by atoms with van der Waals surface area (Å²) in [6.45, 7) is 3.89. The fourth-order valence-electron chi connectivity index (χ4n) is 0.462. The molecule has 0 aromatic heterocycles. The fraction of sp³-hybridized carbons (Fsp3) is 0.800. The molecule has 50 valence electrons. The zero-order valence-electron chi connectivity index (χ0n) is 5.22. The van der Waals surface area contributed by atoms with Crippen LogP contribution < -0.4 is 0 Å². The molecule has 0 aliphatic rings. The van der Waals surface area contributed by atoms with Gasteiger partial charge in [-0.2, -0.15) is 0 Å². The van der Waals surface area contributed by atoms with Crippen molar-refractivity contribution >= 4 is 15.7 Å². The third kappa shape index (κ3) is 2.45. The van der Waals surface area contributed by atoms with Gasteiger partial charge in [-0.3, -0.25) is 0 Å². The Morgan fingerprint density at radius 1 is 1.25 bits per heavy atom. The summed E-state index contributed by atoms with van der Waals surface area (Å²) in [5.41, 5.74) is 0. The molecule has 0 radical (unpaired) electrons. The van der Waals surface area contributed by atoms with E-state index in [4.69, 9.17) is 10.2 Å². The maximum absolute atomic E-state index is 8.50. The van der Waals surface area contributed by atoms with E-state index in [1.54, 1.807) is 0 Å². The summed E-state index contributed by atoms with van der Waals surface area (Å²) in [6, 6.07) is 0. The average molecular weight is 136 g/mol. The molecule has 3 heteroatoms. The van der Waals surface area contributed by atoms with E-state index in [9.17, 15) is 0 Å². The summed E-state index contributed by atoms with van der Waals surface area (Å²) in [6.07, 6.45) is 0. The minimum Gasteiger partial charge on any atom is -0.337 e. The van der Waals surface area contributed by atoms with Crippen molar-refractivity contribution < 1.29 is 10.2 Å². The highest BCUT2D eigenvalue weighted by Gasteiger charge is 1.91. The Morgan fingerprint density at radius 3 is 1.62 bits per heavy atom. The van der Waals surface area contributed by atoms with Gasteiger partial charge in [-0.15, -0.1) is 10.5 Å². The lowest BCUT2D eigenvalue weighted by molar-refractivity contribution is 0.384. The quantitative estimate of drug-likeness (QED) is 0.565. The first-order valence-electron chi connectivity index (χ1n) is 2.64. The van der Waals surface area contributed by atoms with Crippen molar-refractivity contribution in [3.8, 4) is 0 Å². The molecule has 8 heavy (non-hydrogen) atoms. The van der Waals surface area contributed by atoms with Crippen molar-refractivity contribution in [3.63, 3.8) is 0 Å². The summed E-state index contributed by atoms with van der Waals surface area (Å²) < 4.78 is 0. The minimum atomic E-state index is -0.394. The van der Waals surface area contributed by atoms with Crippen molar-refractivity contribution in [1.29, 1.82) is 0 Å². The van der Waals surface area contributed by atoms with Crippen LogP contribution in [0.1, 0.15) is 13.8 Å². The van der Waals surface area contributed by atoms with Gasteiger partial charge in [0.25, 0.3) is 0 Å². The molecule has 2 nitrogen and oxygen atoms in total. The lowest BCUT2D eigenvalue weighted by Crippen LogP contribution is -1.96. The molecule has 0 aliphatic carbocycles. The number of aliphatic hydroxyl groups is 2. The number of rotatable bonds is 2. The van der Waals surface area contributed by atoms with E-state index in [0.717, 1.165) is 11.5 Å². The zero-order valence-corrected chi connectivity index (χ0v) is 6.03. The van der Waals surface area contributed by atoms with Gasteiger partial charge in [-0.25, -0.2) is 0 Å². The predicted octanol–water partition coefficient (Wildman–Crippen LogP) is 1.50. The van der Waals surface area contributed by atoms with Crippen LogP contribution in [-0.4, -0.2) is 27.0 Å². The van der Waals surface area contributed by atoms with Crippen molar-refractivity contribution in [2.45, 2.75) is 13.8 Å². The van der Waals surface area contributed by atoms with E-state index in [-0.39, 0.29) is 10.5 Å². The molecule has 0 saturated carbocycles. The van der Waals surface area contributed by atoms with E-state index in [1.807, 2.05) is 13.8 Å². The number of aliphatic hydroxyl groups excluding tert-OH is 1. The molecule has 0 bridgehead atoms. The SMILES string of the molecule is CCS(CC)=C(O)O. The second kappa shape index (κ2) is 4.06. The first-order valence-corrected chi connectivity index (χ1v) is 4.21. The van der Waals surface area contributed by atoms with Crippen molar-refractivity contribution in [2.75, 3.05) is 11.5 Å². The van der Waals surface area contributed by atoms with Gasteiger partial charge in [0.1, 0.15) is 0 Å². The van der Waals surface area contributed by atoms with Crippen LogP contribution >= 0.6 is 10.5 Å². The van der Waals surface area contributed by atoms with Crippen molar-refractivity contribution in [2.24, 2.45) is 0 Å². The zero-order chi connectivity index (χ0) is 6.57. The van der Waals surface area contributed by atoms with Crippen LogP contribution in [-0.2, 0) is 0 Å². The van der Waals surface area contributed by atoms with Crippen molar-refractivity contribution in [1.82, 2.24) is 0 Å². The van der Waals surface area contributed by atoms with Crippen LogP contribution in [0.4, 0.5) is 0 Å². The molecule has 0 heterocycles. The standard InChI is InChI=1S/C5H12O2S/c1-3-8(4-2)5(6)7/h6-7H,3-4H2,1-2H3. The Labute approximate surface area is 52.1 Å². The molecular weight excluding hydrogens is 124 g/mol. The van der Waals surface area contributed by atoms with Gasteiger partial charge in [0, 0.05) is 0 Å². The Hall–Kier alpha value is 0.140. The lowest BCUT2D eigenvalue weighted by atomic mass is 11.0. The van der Waals surface area contributed by atoms with Gasteiger partial charge in [0.05, 0.1) is 0 Å². The van der Waals surface area contributed by atoms with Crippen LogP contribution in [0, 0.1) is 0 Å². The third-order valence-corrected chi connectivity index (χ3v) is 2.87. The van der Waals surface area contributed by atoms with Gasteiger partial charge >= 0.3 is 0 Å². The highest BCUT2D eigenvalue weighted by Crippen LogP contribution is 2.10. The predicted molar refractivity (Wildman–Crippen MR) is 38.9 cm³/mol. The smallest absolute Gasteiger partial charge is 0.205 e. The third-order valence-electron chi connectivity index (χ3n) is 0.955. The van der Waals surface area contributed by atoms with Crippen LogP contribution in [0.3, 0.4) is 0 Å². The van der Waals surface area contributed by atoms with E-state index >= 15 is 0 Å². The average Bonchev–Trinajstić information content (AvgIpc) is 1.69. The largest absolute Gasteiger partial charge is 0.337 e. The Kier molecular flexibility index (Phi) is 4.13. The molecular formula is C5H12O2S. The van der Waals surface area contributed by atoms with E-state index in [0.29, 0.717) is 0 Å². The first-order chi connectivity index (χ1) is 3.72. The van der Waals surface area contributed by atoms with Gasteiger partial charge in [-0.05, 0) is 11.5 Å². The lowest BCUT2D eigenvalue weighted by Gasteiger charge is -1.99. The Morgan fingerprint density at radius 2 is 1.62 bits per heavy atom. The van der Waals surface area contributed by atoms with Crippen molar-refractivity contribution in [3.05, 3.63) is 0 Å². The van der Waals surface area contributed by atoms with Gasteiger partial charge in [0.2, 0.25) is 5.24 Å². The normalized spacial score (nSPS) is 10.1. The van der Waals surface area contributed by atoms with Gasteiger partial charge in [0.15, 0.2) is 0 Å². The highest BCUT2D eigenvalue weighted by molar-refractivity contribution is 8.15. The molecule has 0 unspecified atom stereocenters. The van der Waals surface area contributed by atoms with E-state index < -0.39 is 5.24 Å². The molecule has 2 N–H and O–H groups in total. The number of hydrogen-bond donors (Lipinski definition) is 2. The molecule has 0 atom stereocenters. The van der Waals surface area contributed by atoms with Crippen LogP contribution in [0.25, 0.3) is 0 Å². The van der Waals surface area contributed by atoms with Gasteiger partial charge in [-0.1, -0.05) is 13.8 Å². The maximum atomic E-state index is 8.50. The summed E-state index contributed by atoms with van der Waals surface area (Å²) >= 11 is 0. The Balaban J connectivity index is 3.86. The van der Waals surface area contributed by atoms with Crippen LogP contribution in [0.2, 0.25) is 0 Å². The summed E-state index contributed by atoms with van der Waals surface area (Å²) in [7, 11) is -0.262. The van der Waals surface area contributed by atoms with Crippen LogP contribution in [0.15, 0.2) is 0 Å². The molecule has 0 aromatic rings. The monoisotopic (exact) mass is 136 g/mol. The maximum Gasteiger partial charge on any atom is 0.205 e.